The Balaban J connectivity index is 1.53. The fourth-order valence-corrected chi connectivity index (χ4v) is 4.83. The summed E-state index contributed by atoms with van der Waals surface area (Å²) in [5.74, 6) is -0.706. The van der Waals surface area contributed by atoms with E-state index in [2.05, 4.69) is 4.99 Å². The molecule has 1 aliphatic heterocycles. The molecule has 4 rings (SSSR count). The minimum atomic E-state index is -1.04. The van der Waals surface area contributed by atoms with Gasteiger partial charge >= 0.3 is 5.97 Å². The number of likely N-dealkylation sites (N-methyl/N-ethyl adjacent to an activating group) is 1. The van der Waals surface area contributed by atoms with Gasteiger partial charge in [0.1, 0.15) is 12.4 Å². The lowest BCUT2D eigenvalue weighted by molar-refractivity contribution is -0.122. The molecule has 1 aliphatic rings. The number of rotatable bonds is 7. The number of amidine groups is 1. The van der Waals surface area contributed by atoms with Crippen molar-refractivity contribution in [2.75, 3.05) is 6.54 Å². The lowest BCUT2D eigenvalue weighted by Crippen LogP contribution is -2.28. The van der Waals surface area contributed by atoms with Crippen LogP contribution in [0.4, 0.5) is 5.69 Å². The van der Waals surface area contributed by atoms with E-state index < -0.39 is 5.97 Å². The number of carbonyl (C=O) groups is 2. The van der Waals surface area contributed by atoms with Crippen LogP contribution in [0.15, 0.2) is 76.6 Å². The molecule has 1 saturated heterocycles. The Labute approximate surface area is 216 Å². The molecule has 0 radical (unpaired) electrons. The molecule has 1 fully saturated rings. The Hall–Kier alpha value is -3.26. The van der Waals surface area contributed by atoms with E-state index in [1.54, 1.807) is 41.3 Å². The minimum absolute atomic E-state index is 0.131. The van der Waals surface area contributed by atoms with Gasteiger partial charge in [-0.3, -0.25) is 9.69 Å². The number of carbonyl (C=O) groups excluding carboxylic acids is 1. The number of hydrogen-bond acceptors (Lipinski definition) is 5. The first-order chi connectivity index (χ1) is 16.9. The summed E-state index contributed by atoms with van der Waals surface area (Å²) >= 11 is 13.8. The van der Waals surface area contributed by atoms with Crippen LogP contribution in [0.5, 0.6) is 5.75 Å². The van der Waals surface area contributed by atoms with E-state index >= 15 is 0 Å². The molecule has 1 heterocycles. The zero-order chi connectivity index (χ0) is 24.9. The van der Waals surface area contributed by atoms with Crippen molar-refractivity contribution < 1.29 is 19.4 Å². The van der Waals surface area contributed by atoms with Crippen LogP contribution >= 0.6 is 35.0 Å². The molecule has 178 valence electrons. The van der Waals surface area contributed by atoms with Crippen molar-refractivity contribution in [3.63, 3.8) is 0 Å². The third-order valence-electron chi connectivity index (χ3n) is 5.12. The molecule has 0 aliphatic carbocycles. The fraction of sp³-hybridized carbons (Fsp3) is 0.115. The topological polar surface area (TPSA) is 79.2 Å². The minimum Gasteiger partial charge on any atom is -0.487 e. The molecule has 0 atom stereocenters. The summed E-state index contributed by atoms with van der Waals surface area (Å²) in [5, 5.41) is 10.7. The standard InChI is InChI=1S/C26H20Cl2N2O4S/c1-2-30-24(31)23(35-26(30)29-19-8-5-7-17(14-19)25(32)33)13-16-10-11-22(21(28)12-16)34-15-18-6-3-4-9-20(18)27/h3-14H,2,15H2,1H3,(H,32,33)/b23-13-,29-26?. The molecule has 0 saturated carbocycles. The molecule has 0 aromatic heterocycles. The Kier molecular flexibility index (Phi) is 7.80. The second-order valence-electron chi connectivity index (χ2n) is 7.48. The van der Waals surface area contributed by atoms with Crippen molar-refractivity contribution in [1.82, 2.24) is 4.90 Å². The highest BCUT2D eigenvalue weighted by molar-refractivity contribution is 8.18. The van der Waals surface area contributed by atoms with Gasteiger partial charge in [-0.15, -0.1) is 0 Å². The van der Waals surface area contributed by atoms with Gasteiger partial charge in [0.05, 0.1) is 21.2 Å². The number of aliphatic imine (C=N–C) groups is 1. The van der Waals surface area contributed by atoms with Crippen LogP contribution in [0.2, 0.25) is 10.0 Å². The zero-order valence-electron chi connectivity index (χ0n) is 18.6. The number of halogens is 2. The van der Waals surface area contributed by atoms with Crippen molar-refractivity contribution >= 4 is 63.8 Å². The fourth-order valence-electron chi connectivity index (χ4n) is 3.34. The van der Waals surface area contributed by atoms with Gasteiger partial charge in [-0.05, 0) is 66.7 Å². The Bertz CT molecular complexity index is 1360. The molecule has 1 N–H and O–H groups in total. The summed E-state index contributed by atoms with van der Waals surface area (Å²) in [5.41, 5.74) is 2.18. The van der Waals surface area contributed by atoms with Gasteiger partial charge in [-0.2, -0.15) is 0 Å². The molecule has 6 nitrogen and oxygen atoms in total. The third-order valence-corrected chi connectivity index (χ3v) is 6.79. The van der Waals surface area contributed by atoms with Gasteiger partial charge in [0.2, 0.25) is 0 Å². The highest BCUT2D eigenvalue weighted by atomic mass is 35.5. The van der Waals surface area contributed by atoms with Crippen LogP contribution in [0, 0.1) is 0 Å². The molecule has 1 amide bonds. The summed E-state index contributed by atoms with van der Waals surface area (Å²) < 4.78 is 5.82. The largest absolute Gasteiger partial charge is 0.487 e. The average Bonchev–Trinajstić information content (AvgIpc) is 3.13. The lowest BCUT2D eigenvalue weighted by atomic mass is 10.2. The van der Waals surface area contributed by atoms with Crippen molar-refractivity contribution in [3.05, 3.63) is 98.4 Å². The second-order valence-corrected chi connectivity index (χ2v) is 9.30. The van der Waals surface area contributed by atoms with E-state index in [4.69, 9.17) is 27.9 Å². The van der Waals surface area contributed by atoms with Crippen molar-refractivity contribution in [1.29, 1.82) is 0 Å². The van der Waals surface area contributed by atoms with E-state index in [1.165, 1.54) is 23.9 Å². The smallest absolute Gasteiger partial charge is 0.335 e. The molecule has 3 aromatic rings. The molecule has 35 heavy (non-hydrogen) atoms. The van der Waals surface area contributed by atoms with E-state index in [0.717, 1.165) is 11.1 Å². The molecular weight excluding hydrogens is 507 g/mol. The molecule has 9 heteroatoms. The molecule has 3 aromatic carbocycles. The Morgan fingerprint density at radius 3 is 2.60 bits per heavy atom. The predicted octanol–water partition coefficient (Wildman–Crippen LogP) is 6.89. The maximum atomic E-state index is 13.0. The van der Waals surface area contributed by atoms with Crippen molar-refractivity contribution in [2.45, 2.75) is 13.5 Å². The van der Waals surface area contributed by atoms with E-state index in [0.29, 0.717) is 38.1 Å². The van der Waals surface area contributed by atoms with Crippen LogP contribution < -0.4 is 4.74 Å². The molecule has 0 unspecified atom stereocenters. The van der Waals surface area contributed by atoms with Crippen LogP contribution in [0.25, 0.3) is 6.08 Å². The summed E-state index contributed by atoms with van der Waals surface area (Å²) in [4.78, 5) is 30.7. The van der Waals surface area contributed by atoms with Gasteiger partial charge < -0.3 is 9.84 Å². The van der Waals surface area contributed by atoms with Gasteiger partial charge in [-0.1, -0.05) is 53.5 Å². The van der Waals surface area contributed by atoms with Gasteiger partial charge in [0, 0.05) is 17.1 Å². The first-order valence-corrected chi connectivity index (χ1v) is 12.2. The lowest BCUT2D eigenvalue weighted by Gasteiger charge is -2.12. The normalized spacial score (nSPS) is 15.7. The number of aromatic carboxylic acids is 1. The zero-order valence-corrected chi connectivity index (χ0v) is 20.9. The highest BCUT2D eigenvalue weighted by Gasteiger charge is 2.32. The quantitative estimate of drug-likeness (QED) is 0.339. The van der Waals surface area contributed by atoms with E-state index in [9.17, 15) is 14.7 Å². The molecule has 0 bridgehead atoms. The predicted molar refractivity (Wildman–Crippen MR) is 141 cm³/mol. The highest BCUT2D eigenvalue weighted by Crippen LogP contribution is 2.35. The summed E-state index contributed by atoms with van der Waals surface area (Å²) in [6.45, 7) is 2.56. The number of amides is 1. The van der Waals surface area contributed by atoms with Gasteiger partial charge in [0.25, 0.3) is 5.91 Å². The summed E-state index contributed by atoms with van der Waals surface area (Å²) in [6.07, 6.45) is 1.75. The average molecular weight is 527 g/mol. The van der Waals surface area contributed by atoms with Gasteiger partial charge in [-0.25, -0.2) is 9.79 Å². The summed E-state index contributed by atoms with van der Waals surface area (Å²) in [7, 11) is 0. The molecular formula is C26H20Cl2N2O4S. The van der Waals surface area contributed by atoms with Crippen molar-refractivity contribution in [2.24, 2.45) is 4.99 Å². The first-order valence-electron chi connectivity index (χ1n) is 10.6. The van der Waals surface area contributed by atoms with E-state index in [1.807, 2.05) is 31.2 Å². The van der Waals surface area contributed by atoms with Crippen LogP contribution in [-0.4, -0.2) is 33.6 Å². The number of thioether (sulfide) groups is 1. The monoisotopic (exact) mass is 526 g/mol. The van der Waals surface area contributed by atoms with E-state index in [-0.39, 0.29) is 18.1 Å². The maximum absolute atomic E-state index is 13.0. The number of benzene rings is 3. The number of ether oxygens (including phenoxy) is 1. The number of nitrogens with zero attached hydrogens (tertiary/aromatic N) is 2. The number of carboxylic acid groups (broad SMARTS) is 1. The third kappa shape index (κ3) is 5.88. The Morgan fingerprint density at radius 2 is 1.89 bits per heavy atom. The van der Waals surface area contributed by atoms with Crippen LogP contribution in [0.3, 0.4) is 0 Å². The number of carboxylic acids is 1. The van der Waals surface area contributed by atoms with Crippen LogP contribution in [-0.2, 0) is 11.4 Å². The second kappa shape index (κ2) is 11.0. The summed E-state index contributed by atoms with van der Waals surface area (Å²) in [6, 6.07) is 19.0. The van der Waals surface area contributed by atoms with Gasteiger partial charge in [0.15, 0.2) is 5.17 Å². The molecule has 0 spiro atoms. The maximum Gasteiger partial charge on any atom is 0.335 e. The van der Waals surface area contributed by atoms with Crippen molar-refractivity contribution in [3.8, 4) is 5.75 Å². The number of hydrogen-bond donors (Lipinski definition) is 1. The van der Waals surface area contributed by atoms with Crippen LogP contribution in [0.1, 0.15) is 28.4 Å². The SMILES string of the molecule is CCN1C(=O)/C(=C/c2ccc(OCc3ccccc3Cl)c(Cl)c2)SC1=Nc1cccc(C(=O)O)c1. The first kappa shape index (κ1) is 24.9. The Morgan fingerprint density at radius 1 is 1.09 bits per heavy atom.